The highest BCUT2D eigenvalue weighted by molar-refractivity contribution is 7.99. The molecular weight excluding hydrogens is 278 g/mol. The van der Waals surface area contributed by atoms with E-state index in [9.17, 15) is 0 Å². The van der Waals surface area contributed by atoms with Gasteiger partial charge in [-0.15, -0.1) is 11.3 Å². The zero-order valence-electron chi connectivity index (χ0n) is 10.4. The minimum atomic E-state index is 0.728. The molecule has 1 N–H and O–H groups in total. The van der Waals surface area contributed by atoms with Crippen LogP contribution >= 0.6 is 23.1 Å². The smallest absolute Gasteiger partial charge is 0.194 e. The first kappa shape index (κ1) is 12.6. The molecule has 0 atom stereocenters. The van der Waals surface area contributed by atoms with E-state index in [1.54, 1.807) is 23.7 Å². The summed E-state index contributed by atoms with van der Waals surface area (Å²) in [4.78, 5) is 14.1. The van der Waals surface area contributed by atoms with E-state index >= 15 is 0 Å². The van der Waals surface area contributed by atoms with Crippen LogP contribution < -0.4 is 5.32 Å². The van der Waals surface area contributed by atoms with Crippen LogP contribution in [0, 0.1) is 0 Å². The predicted molar refractivity (Wildman–Crippen MR) is 76.6 cm³/mol. The SMILES string of the molecule is CCNCc1c(Sc2ncccn2)nc2sccn12. The Morgan fingerprint density at radius 2 is 2.21 bits per heavy atom. The van der Waals surface area contributed by atoms with Gasteiger partial charge in [-0.05, 0) is 24.4 Å². The normalized spacial score (nSPS) is 11.2. The Hall–Kier alpha value is -1.44. The molecule has 0 aliphatic carbocycles. The summed E-state index contributed by atoms with van der Waals surface area (Å²) in [5, 5.41) is 7.09. The molecule has 19 heavy (non-hydrogen) atoms. The van der Waals surface area contributed by atoms with Crippen molar-refractivity contribution in [3.05, 3.63) is 35.7 Å². The first-order chi connectivity index (χ1) is 9.38. The van der Waals surface area contributed by atoms with E-state index < -0.39 is 0 Å². The largest absolute Gasteiger partial charge is 0.311 e. The fourth-order valence-electron chi connectivity index (χ4n) is 1.72. The lowest BCUT2D eigenvalue weighted by Gasteiger charge is -2.03. The Bertz CT molecular complexity index is 661. The number of nitrogens with zero attached hydrogens (tertiary/aromatic N) is 4. The Morgan fingerprint density at radius 1 is 1.37 bits per heavy atom. The van der Waals surface area contributed by atoms with Gasteiger partial charge in [-0.2, -0.15) is 0 Å². The highest BCUT2D eigenvalue weighted by atomic mass is 32.2. The maximum atomic E-state index is 4.65. The van der Waals surface area contributed by atoms with Gasteiger partial charge in [-0.3, -0.25) is 4.40 Å². The molecule has 5 nitrogen and oxygen atoms in total. The number of hydrogen-bond acceptors (Lipinski definition) is 6. The lowest BCUT2D eigenvalue weighted by molar-refractivity contribution is 0.694. The molecule has 3 heterocycles. The summed E-state index contributed by atoms with van der Waals surface area (Å²) in [6, 6.07) is 1.81. The van der Waals surface area contributed by atoms with Gasteiger partial charge in [0.05, 0.1) is 5.69 Å². The molecule has 0 amide bonds. The second-order valence-electron chi connectivity index (χ2n) is 3.83. The lowest BCUT2D eigenvalue weighted by Crippen LogP contribution is -2.13. The fraction of sp³-hybridized carbons (Fsp3) is 0.250. The summed E-state index contributed by atoms with van der Waals surface area (Å²) < 4.78 is 2.12. The zero-order chi connectivity index (χ0) is 13.1. The van der Waals surface area contributed by atoms with Crippen molar-refractivity contribution in [3.63, 3.8) is 0 Å². The molecule has 0 fully saturated rings. The van der Waals surface area contributed by atoms with Crippen molar-refractivity contribution in [1.29, 1.82) is 0 Å². The Morgan fingerprint density at radius 3 is 3.00 bits per heavy atom. The van der Waals surface area contributed by atoms with Crippen molar-refractivity contribution in [2.24, 2.45) is 0 Å². The molecule has 7 heteroatoms. The second kappa shape index (κ2) is 5.68. The van der Waals surface area contributed by atoms with Crippen LogP contribution in [0.25, 0.3) is 4.96 Å². The number of aromatic nitrogens is 4. The average Bonchev–Trinajstić information content (AvgIpc) is 2.99. The van der Waals surface area contributed by atoms with E-state index in [2.05, 4.69) is 37.8 Å². The van der Waals surface area contributed by atoms with Crippen molar-refractivity contribution in [1.82, 2.24) is 24.7 Å². The van der Waals surface area contributed by atoms with E-state index in [1.165, 1.54) is 11.8 Å². The molecule has 0 radical (unpaired) electrons. The summed E-state index contributed by atoms with van der Waals surface area (Å²) in [5.74, 6) is 0. The molecule has 98 valence electrons. The minimum absolute atomic E-state index is 0.728. The van der Waals surface area contributed by atoms with Gasteiger partial charge >= 0.3 is 0 Å². The molecule has 0 aliphatic heterocycles. The van der Waals surface area contributed by atoms with E-state index in [1.807, 2.05) is 11.4 Å². The molecular formula is C12H13N5S2. The number of rotatable bonds is 5. The molecule has 3 aromatic heterocycles. The standard InChI is InChI=1S/C12H13N5S2/c1-2-13-8-9-10(16-12-17(9)6-7-18-12)19-11-14-4-3-5-15-11/h3-7,13H,2,8H2,1H3. The van der Waals surface area contributed by atoms with Gasteiger partial charge in [-0.1, -0.05) is 6.92 Å². The van der Waals surface area contributed by atoms with Gasteiger partial charge in [0.1, 0.15) is 5.03 Å². The van der Waals surface area contributed by atoms with E-state index in [0.29, 0.717) is 0 Å². The Labute approximate surface area is 119 Å². The topological polar surface area (TPSA) is 55.1 Å². The maximum Gasteiger partial charge on any atom is 0.194 e. The number of imidazole rings is 1. The number of thiazole rings is 1. The molecule has 0 saturated heterocycles. The van der Waals surface area contributed by atoms with E-state index in [-0.39, 0.29) is 0 Å². The van der Waals surface area contributed by atoms with Gasteiger partial charge in [-0.25, -0.2) is 15.0 Å². The first-order valence-corrected chi connectivity index (χ1v) is 7.68. The second-order valence-corrected chi connectivity index (χ2v) is 5.66. The van der Waals surface area contributed by atoms with Crippen molar-refractivity contribution >= 4 is 28.1 Å². The van der Waals surface area contributed by atoms with Crippen molar-refractivity contribution in [3.8, 4) is 0 Å². The van der Waals surface area contributed by atoms with Crippen LogP contribution in [0.5, 0.6) is 0 Å². The Balaban J connectivity index is 1.95. The summed E-state index contributed by atoms with van der Waals surface area (Å²) in [6.45, 7) is 3.83. The van der Waals surface area contributed by atoms with E-state index in [0.717, 1.165) is 33.9 Å². The summed E-state index contributed by atoms with van der Waals surface area (Å²) in [5.41, 5.74) is 1.16. The molecule has 3 aromatic rings. The summed E-state index contributed by atoms with van der Waals surface area (Å²) in [7, 11) is 0. The third-order valence-electron chi connectivity index (χ3n) is 2.60. The zero-order valence-corrected chi connectivity index (χ0v) is 12.0. The highest BCUT2D eigenvalue weighted by Gasteiger charge is 2.14. The highest BCUT2D eigenvalue weighted by Crippen LogP contribution is 2.29. The number of fused-ring (bicyclic) bond motifs is 1. The number of hydrogen-bond donors (Lipinski definition) is 1. The molecule has 0 saturated carbocycles. The quantitative estimate of drug-likeness (QED) is 0.732. The minimum Gasteiger partial charge on any atom is -0.311 e. The predicted octanol–water partition coefficient (Wildman–Crippen LogP) is 2.45. The van der Waals surface area contributed by atoms with Crippen molar-refractivity contribution in [2.45, 2.75) is 23.7 Å². The third kappa shape index (κ3) is 2.63. The molecule has 0 aromatic carbocycles. The van der Waals surface area contributed by atoms with Gasteiger partial charge in [0.2, 0.25) is 0 Å². The molecule has 0 aliphatic rings. The van der Waals surface area contributed by atoms with Crippen LogP contribution in [0.2, 0.25) is 0 Å². The molecule has 0 bridgehead atoms. The van der Waals surface area contributed by atoms with Crippen molar-refractivity contribution < 1.29 is 0 Å². The van der Waals surface area contributed by atoms with Crippen LogP contribution in [0.15, 0.2) is 40.2 Å². The monoisotopic (exact) mass is 291 g/mol. The third-order valence-corrected chi connectivity index (χ3v) is 4.27. The molecule has 3 rings (SSSR count). The number of nitrogens with one attached hydrogen (secondary N) is 1. The Kier molecular flexibility index (Phi) is 3.77. The van der Waals surface area contributed by atoms with Crippen LogP contribution in [0.4, 0.5) is 0 Å². The van der Waals surface area contributed by atoms with Gasteiger partial charge in [0.15, 0.2) is 10.1 Å². The molecule has 0 spiro atoms. The van der Waals surface area contributed by atoms with E-state index in [4.69, 9.17) is 0 Å². The van der Waals surface area contributed by atoms with Crippen LogP contribution in [0.3, 0.4) is 0 Å². The first-order valence-electron chi connectivity index (χ1n) is 5.98. The average molecular weight is 291 g/mol. The fourth-order valence-corrected chi connectivity index (χ4v) is 3.33. The van der Waals surface area contributed by atoms with Crippen LogP contribution in [-0.4, -0.2) is 25.9 Å². The summed E-state index contributed by atoms with van der Waals surface area (Å²) in [6.07, 6.45) is 5.55. The van der Waals surface area contributed by atoms with Crippen LogP contribution in [-0.2, 0) is 6.54 Å². The lowest BCUT2D eigenvalue weighted by atomic mass is 10.4. The van der Waals surface area contributed by atoms with Crippen molar-refractivity contribution in [2.75, 3.05) is 6.54 Å². The van der Waals surface area contributed by atoms with Gasteiger partial charge < -0.3 is 5.32 Å². The van der Waals surface area contributed by atoms with Gasteiger partial charge in [0.25, 0.3) is 0 Å². The van der Waals surface area contributed by atoms with Crippen LogP contribution in [0.1, 0.15) is 12.6 Å². The molecule has 0 unspecified atom stereocenters. The van der Waals surface area contributed by atoms with Gasteiger partial charge in [0, 0.05) is 30.5 Å². The maximum absolute atomic E-state index is 4.65. The summed E-state index contributed by atoms with van der Waals surface area (Å²) >= 11 is 3.14.